The van der Waals surface area contributed by atoms with Gasteiger partial charge in [-0.2, -0.15) is 0 Å². The zero-order chi connectivity index (χ0) is 17.6. The second-order valence-electron chi connectivity index (χ2n) is 5.76. The molecule has 3 heterocycles. The molecule has 130 valence electrons. The number of carbonyl (C=O) groups excluding carboxylic acids is 1. The Morgan fingerprint density at radius 2 is 2.08 bits per heavy atom. The topological polar surface area (TPSA) is 68.5 Å². The van der Waals surface area contributed by atoms with Crippen LogP contribution >= 0.6 is 0 Å². The van der Waals surface area contributed by atoms with Gasteiger partial charge in [-0.05, 0) is 56.5 Å². The molecule has 0 unspecified atom stereocenters. The first-order valence-corrected chi connectivity index (χ1v) is 8.48. The largest absolute Gasteiger partial charge is 0.490 e. The molecule has 0 aliphatic heterocycles. The number of nitrogens with one attached hydrogen (secondary N) is 1. The number of rotatable bonds is 7. The van der Waals surface area contributed by atoms with Crippen LogP contribution in [0.1, 0.15) is 35.1 Å². The predicted octanol–water partition coefficient (Wildman–Crippen LogP) is 2.80. The van der Waals surface area contributed by atoms with E-state index in [2.05, 4.69) is 15.3 Å². The van der Waals surface area contributed by atoms with Crippen LogP contribution in [0.2, 0.25) is 0 Å². The molecule has 0 atom stereocenters. The number of nitrogens with zero attached hydrogens (tertiary/aromatic N) is 3. The summed E-state index contributed by atoms with van der Waals surface area (Å²) in [5, 5.41) is 2.98. The number of ether oxygens (including phenoxy) is 1. The van der Waals surface area contributed by atoms with Crippen molar-refractivity contribution < 1.29 is 9.53 Å². The maximum Gasteiger partial charge on any atom is 0.270 e. The monoisotopic (exact) mass is 338 g/mol. The Morgan fingerprint density at radius 3 is 2.84 bits per heavy atom. The fourth-order valence-corrected chi connectivity index (χ4v) is 2.83. The van der Waals surface area contributed by atoms with Crippen LogP contribution in [0.15, 0.2) is 42.9 Å². The van der Waals surface area contributed by atoms with E-state index in [4.69, 9.17) is 4.74 Å². The summed E-state index contributed by atoms with van der Waals surface area (Å²) in [4.78, 5) is 21.1. The zero-order valence-electron chi connectivity index (χ0n) is 14.5. The lowest BCUT2D eigenvalue weighted by molar-refractivity contribution is 0.0946. The number of fused-ring (bicyclic) bond motifs is 1. The van der Waals surface area contributed by atoms with Crippen LogP contribution < -0.4 is 10.1 Å². The van der Waals surface area contributed by atoms with E-state index in [1.54, 1.807) is 16.8 Å². The van der Waals surface area contributed by atoms with E-state index in [-0.39, 0.29) is 5.91 Å². The van der Waals surface area contributed by atoms with Gasteiger partial charge in [0, 0.05) is 25.1 Å². The van der Waals surface area contributed by atoms with Crippen molar-refractivity contribution in [2.45, 2.75) is 26.7 Å². The molecule has 3 aromatic heterocycles. The van der Waals surface area contributed by atoms with Crippen LogP contribution in [-0.4, -0.2) is 33.4 Å². The van der Waals surface area contributed by atoms with Crippen molar-refractivity contribution >= 4 is 11.6 Å². The zero-order valence-corrected chi connectivity index (χ0v) is 14.5. The number of aromatic nitrogens is 3. The first kappa shape index (κ1) is 17.0. The molecule has 0 saturated heterocycles. The van der Waals surface area contributed by atoms with Crippen molar-refractivity contribution in [1.82, 2.24) is 19.7 Å². The maximum atomic E-state index is 12.6. The maximum absolute atomic E-state index is 12.6. The molecule has 3 rings (SSSR count). The molecule has 6 heteroatoms. The van der Waals surface area contributed by atoms with E-state index in [0.29, 0.717) is 35.9 Å². The van der Waals surface area contributed by atoms with E-state index in [9.17, 15) is 4.79 Å². The number of carbonyl (C=O) groups is 1. The van der Waals surface area contributed by atoms with Gasteiger partial charge in [-0.15, -0.1) is 0 Å². The molecule has 0 radical (unpaired) electrons. The van der Waals surface area contributed by atoms with Gasteiger partial charge in [-0.3, -0.25) is 14.2 Å². The van der Waals surface area contributed by atoms with Gasteiger partial charge in [-0.1, -0.05) is 0 Å². The van der Waals surface area contributed by atoms with Gasteiger partial charge in [0.25, 0.3) is 5.91 Å². The molecule has 6 nitrogen and oxygen atoms in total. The molecule has 0 aliphatic rings. The smallest absolute Gasteiger partial charge is 0.270 e. The second-order valence-corrected chi connectivity index (χ2v) is 5.76. The van der Waals surface area contributed by atoms with Crippen LogP contribution in [0, 0.1) is 6.92 Å². The van der Waals surface area contributed by atoms with Crippen molar-refractivity contribution in [1.29, 1.82) is 0 Å². The van der Waals surface area contributed by atoms with E-state index in [1.165, 1.54) is 5.56 Å². The molecular weight excluding hydrogens is 316 g/mol. The number of hydrogen-bond donors (Lipinski definition) is 1. The molecule has 1 N–H and O–H groups in total. The SMILES string of the molecule is CCOc1cccn2c(C(=O)NCCCc3ccncc3)c(C)nc12. The number of amides is 1. The highest BCUT2D eigenvalue weighted by Gasteiger charge is 2.18. The van der Waals surface area contributed by atoms with Gasteiger partial charge in [0.2, 0.25) is 0 Å². The Kier molecular flexibility index (Phi) is 5.28. The highest BCUT2D eigenvalue weighted by molar-refractivity contribution is 5.94. The molecule has 0 fully saturated rings. The molecule has 0 bridgehead atoms. The highest BCUT2D eigenvalue weighted by atomic mass is 16.5. The Bertz CT molecular complexity index is 858. The van der Waals surface area contributed by atoms with Crippen molar-refractivity contribution in [3.63, 3.8) is 0 Å². The summed E-state index contributed by atoms with van der Waals surface area (Å²) in [5.41, 5.74) is 3.14. The molecule has 0 aromatic carbocycles. The highest BCUT2D eigenvalue weighted by Crippen LogP contribution is 2.22. The minimum Gasteiger partial charge on any atom is -0.490 e. The summed E-state index contributed by atoms with van der Waals surface area (Å²) in [6.45, 7) is 4.94. The first-order chi connectivity index (χ1) is 12.2. The Balaban J connectivity index is 1.67. The van der Waals surface area contributed by atoms with Gasteiger partial charge < -0.3 is 10.1 Å². The van der Waals surface area contributed by atoms with Crippen LogP contribution in [0.5, 0.6) is 5.75 Å². The lowest BCUT2D eigenvalue weighted by Crippen LogP contribution is -2.26. The fourth-order valence-electron chi connectivity index (χ4n) is 2.83. The van der Waals surface area contributed by atoms with Crippen LogP contribution in [0.4, 0.5) is 0 Å². The average Bonchev–Trinajstić information content (AvgIpc) is 2.97. The van der Waals surface area contributed by atoms with Crippen LogP contribution in [0.3, 0.4) is 0 Å². The molecule has 1 amide bonds. The summed E-state index contributed by atoms with van der Waals surface area (Å²) in [6, 6.07) is 7.71. The van der Waals surface area contributed by atoms with Crippen molar-refractivity contribution in [3.05, 3.63) is 59.8 Å². The summed E-state index contributed by atoms with van der Waals surface area (Å²) < 4.78 is 7.38. The number of pyridine rings is 2. The predicted molar refractivity (Wildman–Crippen MR) is 96.0 cm³/mol. The van der Waals surface area contributed by atoms with E-state index in [1.807, 2.05) is 44.3 Å². The normalized spacial score (nSPS) is 10.8. The molecule has 0 aliphatic carbocycles. The molecule has 3 aromatic rings. The van der Waals surface area contributed by atoms with Gasteiger partial charge in [-0.25, -0.2) is 4.98 Å². The van der Waals surface area contributed by atoms with E-state index in [0.717, 1.165) is 12.8 Å². The van der Waals surface area contributed by atoms with Crippen molar-refractivity contribution in [2.24, 2.45) is 0 Å². The van der Waals surface area contributed by atoms with Gasteiger partial charge in [0.1, 0.15) is 5.69 Å². The minimum atomic E-state index is -0.117. The molecule has 25 heavy (non-hydrogen) atoms. The average molecular weight is 338 g/mol. The minimum absolute atomic E-state index is 0.117. The van der Waals surface area contributed by atoms with E-state index >= 15 is 0 Å². The summed E-state index contributed by atoms with van der Waals surface area (Å²) >= 11 is 0. The lowest BCUT2D eigenvalue weighted by atomic mass is 10.1. The lowest BCUT2D eigenvalue weighted by Gasteiger charge is -2.07. The third kappa shape index (κ3) is 3.79. The Hall–Kier alpha value is -2.89. The van der Waals surface area contributed by atoms with Crippen molar-refractivity contribution in [3.8, 4) is 5.75 Å². The Labute approximate surface area is 146 Å². The van der Waals surface area contributed by atoms with Crippen molar-refractivity contribution in [2.75, 3.05) is 13.2 Å². The standard InChI is InChI=1S/C19H22N4O2/c1-3-25-16-7-5-13-23-17(14(2)22-18(16)23)19(24)21-10-4-6-15-8-11-20-12-9-15/h5,7-9,11-13H,3-4,6,10H2,1-2H3,(H,21,24). The third-order valence-corrected chi connectivity index (χ3v) is 3.98. The molecular formula is C19H22N4O2. The van der Waals surface area contributed by atoms with E-state index < -0.39 is 0 Å². The van der Waals surface area contributed by atoms with Gasteiger partial charge >= 0.3 is 0 Å². The number of imidazole rings is 1. The summed E-state index contributed by atoms with van der Waals surface area (Å²) in [6.07, 6.45) is 7.18. The molecule has 0 spiro atoms. The first-order valence-electron chi connectivity index (χ1n) is 8.48. The van der Waals surface area contributed by atoms with Crippen LogP contribution in [-0.2, 0) is 6.42 Å². The Morgan fingerprint density at radius 1 is 1.28 bits per heavy atom. The number of hydrogen-bond acceptors (Lipinski definition) is 4. The number of aryl methyl sites for hydroxylation is 2. The quantitative estimate of drug-likeness (QED) is 0.673. The summed E-state index contributed by atoms with van der Waals surface area (Å²) in [5.74, 6) is 0.568. The third-order valence-electron chi connectivity index (χ3n) is 3.98. The summed E-state index contributed by atoms with van der Waals surface area (Å²) in [7, 11) is 0. The fraction of sp³-hybridized carbons (Fsp3) is 0.316. The second kappa shape index (κ2) is 7.79. The van der Waals surface area contributed by atoms with Gasteiger partial charge in [0.05, 0.1) is 12.3 Å². The molecule has 0 saturated carbocycles. The van der Waals surface area contributed by atoms with Crippen LogP contribution in [0.25, 0.3) is 5.65 Å². The van der Waals surface area contributed by atoms with Gasteiger partial charge in [0.15, 0.2) is 11.4 Å².